The summed E-state index contributed by atoms with van der Waals surface area (Å²) in [7, 11) is 0. The quantitative estimate of drug-likeness (QED) is 0.839. The van der Waals surface area contributed by atoms with E-state index < -0.39 is 5.60 Å². The lowest BCUT2D eigenvalue weighted by Crippen LogP contribution is -2.36. The van der Waals surface area contributed by atoms with Gasteiger partial charge >= 0.3 is 0 Å². The molecule has 1 aliphatic carbocycles. The van der Waals surface area contributed by atoms with Gasteiger partial charge in [0.25, 0.3) is 0 Å². The van der Waals surface area contributed by atoms with Crippen molar-refractivity contribution in [3.63, 3.8) is 0 Å². The molecule has 1 aromatic heterocycles. The molecule has 3 nitrogen and oxygen atoms in total. The number of rotatable bonds is 3. The highest BCUT2D eigenvalue weighted by Gasteiger charge is 2.40. The third-order valence-corrected chi connectivity index (χ3v) is 3.13. The molecule has 1 saturated carbocycles. The van der Waals surface area contributed by atoms with Crippen molar-refractivity contribution in [3.8, 4) is 0 Å². The number of nitrogens with zero attached hydrogens (tertiary/aromatic N) is 2. The highest BCUT2D eigenvalue weighted by atomic mass is 35.5. The summed E-state index contributed by atoms with van der Waals surface area (Å²) in [6.07, 6.45) is 5.32. The Hall–Kier alpha value is -0.540. The second-order valence-electron chi connectivity index (χ2n) is 3.95. The van der Waals surface area contributed by atoms with Crippen LogP contribution in [-0.2, 0) is 12.1 Å². The van der Waals surface area contributed by atoms with Gasteiger partial charge in [-0.15, -0.1) is 0 Å². The van der Waals surface area contributed by atoms with Gasteiger partial charge in [0.1, 0.15) is 5.60 Å². The Balaban J connectivity index is 2.34. The van der Waals surface area contributed by atoms with Crippen molar-refractivity contribution in [1.82, 2.24) is 9.78 Å². The molecule has 14 heavy (non-hydrogen) atoms. The smallest absolute Gasteiger partial charge is 0.108 e. The SMILES string of the molecule is CCCn1ncc(Cl)c1C1(O)CCC1. The predicted molar refractivity (Wildman–Crippen MR) is 55.3 cm³/mol. The first-order valence-electron chi connectivity index (χ1n) is 5.11. The van der Waals surface area contributed by atoms with Crippen LogP contribution in [0.2, 0.25) is 5.02 Å². The van der Waals surface area contributed by atoms with E-state index in [0.717, 1.165) is 37.9 Å². The molecule has 1 N–H and O–H groups in total. The summed E-state index contributed by atoms with van der Waals surface area (Å²) in [5.41, 5.74) is 0.107. The van der Waals surface area contributed by atoms with Gasteiger partial charge < -0.3 is 5.11 Å². The summed E-state index contributed by atoms with van der Waals surface area (Å²) in [4.78, 5) is 0. The molecule has 0 radical (unpaired) electrons. The summed E-state index contributed by atoms with van der Waals surface area (Å²) in [6.45, 7) is 2.91. The van der Waals surface area contributed by atoms with E-state index in [1.807, 2.05) is 4.68 Å². The fraction of sp³-hybridized carbons (Fsp3) is 0.700. The second kappa shape index (κ2) is 3.55. The third kappa shape index (κ3) is 1.44. The van der Waals surface area contributed by atoms with Crippen LogP contribution in [0.1, 0.15) is 38.3 Å². The van der Waals surface area contributed by atoms with E-state index >= 15 is 0 Å². The van der Waals surface area contributed by atoms with E-state index in [9.17, 15) is 5.11 Å². The van der Waals surface area contributed by atoms with Crippen LogP contribution in [0.4, 0.5) is 0 Å². The minimum atomic E-state index is -0.706. The lowest BCUT2D eigenvalue weighted by atomic mass is 9.78. The first-order valence-corrected chi connectivity index (χ1v) is 5.49. The van der Waals surface area contributed by atoms with E-state index in [4.69, 9.17) is 11.6 Å². The lowest BCUT2D eigenvalue weighted by Gasteiger charge is -2.37. The van der Waals surface area contributed by atoms with Crippen LogP contribution in [0.15, 0.2) is 6.20 Å². The Morgan fingerprint density at radius 1 is 1.64 bits per heavy atom. The molecule has 0 aliphatic heterocycles. The van der Waals surface area contributed by atoms with Crippen molar-refractivity contribution in [2.75, 3.05) is 0 Å². The average Bonchev–Trinajstić information content (AvgIpc) is 2.45. The first kappa shape index (κ1) is 9.99. The van der Waals surface area contributed by atoms with Gasteiger partial charge in [-0.1, -0.05) is 18.5 Å². The van der Waals surface area contributed by atoms with Crippen molar-refractivity contribution in [2.45, 2.75) is 44.8 Å². The van der Waals surface area contributed by atoms with Gasteiger partial charge in [-0.05, 0) is 25.7 Å². The molecular formula is C10H15ClN2O. The van der Waals surface area contributed by atoms with Gasteiger partial charge in [-0.3, -0.25) is 4.68 Å². The fourth-order valence-electron chi connectivity index (χ4n) is 1.95. The van der Waals surface area contributed by atoms with Crippen molar-refractivity contribution < 1.29 is 5.11 Å². The zero-order valence-corrected chi connectivity index (χ0v) is 9.09. The maximum absolute atomic E-state index is 10.2. The highest BCUT2D eigenvalue weighted by molar-refractivity contribution is 6.31. The Bertz CT molecular complexity index is 331. The summed E-state index contributed by atoms with van der Waals surface area (Å²) in [5.74, 6) is 0. The summed E-state index contributed by atoms with van der Waals surface area (Å²) in [5, 5.41) is 15.0. The number of aromatic nitrogens is 2. The molecule has 78 valence electrons. The fourth-order valence-corrected chi connectivity index (χ4v) is 2.27. The van der Waals surface area contributed by atoms with Gasteiger partial charge in [-0.2, -0.15) is 5.10 Å². The Morgan fingerprint density at radius 2 is 2.36 bits per heavy atom. The molecule has 1 aliphatic rings. The molecule has 4 heteroatoms. The second-order valence-corrected chi connectivity index (χ2v) is 4.36. The summed E-state index contributed by atoms with van der Waals surface area (Å²) >= 11 is 6.03. The van der Waals surface area contributed by atoms with E-state index in [0.29, 0.717) is 5.02 Å². The molecule has 2 rings (SSSR count). The standard InChI is InChI=1S/C10H15ClN2O/c1-2-6-13-9(8(11)7-12-13)10(14)4-3-5-10/h7,14H,2-6H2,1H3. The van der Waals surface area contributed by atoms with Crippen molar-refractivity contribution >= 4 is 11.6 Å². The largest absolute Gasteiger partial charge is 0.384 e. The van der Waals surface area contributed by atoms with Crippen molar-refractivity contribution in [3.05, 3.63) is 16.9 Å². The van der Waals surface area contributed by atoms with Crippen LogP contribution in [0.5, 0.6) is 0 Å². The van der Waals surface area contributed by atoms with Gasteiger partial charge in [0.15, 0.2) is 0 Å². The molecule has 0 bridgehead atoms. The van der Waals surface area contributed by atoms with Gasteiger partial charge in [0.05, 0.1) is 16.9 Å². The van der Waals surface area contributed by atoms with Gasteiger partial charge in [0, 0.05) is 6.54 Å². The van der Waals surface area contributed by atoms with Crippen molar-refractivity contribution in [1.29, 1.82) is 0 Å². The van der Waals surface area contributed by atoms with Gasteiger partial charge in [-0.25, -0.2) is 0 Å². The summed E-state index contributed by atoms with van der Waals surface area (Å²) in [6, 6.07) is 0. The molecule has 0 spiro atoms. The minimum Gasteiger partial charge on any atom is -0.384 e. The zero-order valence-electron chi connectivity index (χ0n) is 8.33. The van der Waals surface area contributed by atoms with E-state index in [1.165, 1.54) is 0 Å². The Morgan fingerprint density at radius 3 is 2.86 bits per heavy atom. The Kier molecular flexibility index (Phi) is 2.54. The van der Waals surface area contributed by atoms with Crippen LogP contribution in [0.25, 0.3) is 0 Å². The number of aliphatic hydroxyl groups is 1. The lowest BCUT2D eigenvalue weighted by molar-refractivity contribution is -0.0463. The van der Waals surface area contributed by atoms with Crippen LogP contribution in [0, 0.1) is 0 Å². The van der Waals surface area contributed by atoms with Crippen molar-refractivity contribution in [2.24, 2.45) is 0 Å². The van der Waals surface area contributed by atoms with Crippen LogP contribution in [-0.4, -0.2) is 14.9 Å². The monoisotopic (exact) mass is 214 g/mol. The van der Waals surface area contributed by atoms with E-state index in [2.05, 4.69) is 12.0 Å². The topological polar surface area (TPSA) is 38.0 Å². The third-order valence-electron chi connectivity index (χ3n) is 2.85. The molecular weight excluding hydrogens is 200 g/mol. The number of aryl methyl sites for hydroxylation is 1. The molecule has 1 fully saturated rings. The number of halogens is 1. The van der Waals surface area contributed by atoms with Crippen LogP contribution >= 0.6 is 11.6 Å². The maximum atomic E-state index is 10.2. The maximum Gasteiger partial charge on any atom is 0.108 e. The molecule has 1 heterocycles. The van der Waals surface area contributed by atoms with Crippen LogP contribution in [0.3, 0.4) is 0 Å². The molecule has 0 unspecified atom stereocenters. The molecule has 0 saturated heterocycles. The Labute approximate surface area is 88.7 Å². The molecule has 0 aromatic carbocycles. The zero-order chi connectivity index (χ0) is 10.2. The average molecular weight is 215 g/mol. The molecule has 1 aromatic rings. The van der Waals surface area contributed by atoms with E-state index in [1.54, 1.807) is 6.20 Å². The summed E-state index contributed by atoms with van der Waals surface area (Å²) < 4.78 is 1.83. The normalized spacial score (nSPS) is 19.4. The number of hydrogen-bond acceptors (Lipinski definition) is 2. The first-order chi connectivity index (χ1) is 6.67. The van der Waals surface area contributed by atoms with Crippen LogP contribution < -0.4 is 0 Å². The minimum absolute atomic E-state index is 0.598. The predicted octanol–water partition coefficient (Wildman–Crippen LogP) is 2.32. The highest BCUT2D eigenvalue weighted by Crippen LogP contribution is 2.43. The molecule has 0 atom stereocenters. The van der Waals surface area contributed by atoms with E-state index in [-0.39, 0.29) is 0 Å². The molecule has 0 amide bonds. The number of hydrogen-bond donors (Lipinski definition) is 1. The van der Waals surface area contributed by atoms with Gasteiger partial charge in [0.2, 0.25) is 0 Å².